The molecule has 88 valence electrons. The second-order valence-electron chi connectivity index (χ2n) is 4.86. The summed E-state index contributed by atoms with van der Waals surface area (Å²) in [6, 6.07) is 5.67. The van der Waals surface area contributed by atoms with Crippen molar-refractivity contribution in [2.24, 2.45) is 5.92 Å². The molecule has 0 saturated heterocycles. The summed E-state index contributed by atoms with van der Waals surface area (Å²) in [6.45, 7) is 1.99. The van der Waals surface area contributed by atoms with E-state index in [0.717, 1.165) is 17.9 Å². The Morgan fingerprint density at radius 3 is 2.69 bits per heavy atom. The molecule has 0 bridgehead atoms. The van der Waals surface area contributed by atoms with Crippen LogP contribution in [0.3, 0.4) is 0 Å². The molecule has 0 radical (unpaired) electrons. The first kappa shape index (κ1) is 11.6. The third-order valence-corrected chi connectivity index (χ3v) is 3.83. The van der Waals surface area contributed by atoms with Crippen molar-refractivity contribution < 1.29 is 4.39 Å². The molecular formula is C14H20FN. The lowest BCUT2D eigenvalue weighted by atomic mass is 9.77. The molecule has 1 aromatic carbocycles. The van der Waals surface area contributed by atoms with Gasteiger partial charge in [-0.15, -0.1) is 0 Å². The number of rotatable bonds is 4. The maximum Gasteiger partial charge on any atom is 0.123 e. The van der Waals surface area contributed by atoms with Gasteiger partial charge >= 0.3 is 0 Å². The maximum absolute atomic E-state index is 13.0. The Balaban J connectivity index is 2.06. The van der Waals surface area contributed by atoms with Crippen LogP contribution in [0.15, 0.2) is 18.2 Å². The Kier molecular flexibility index (Phi) is 3.59. The topological polar surface area (TPSA) is 12.0 Å². The van der Waals surface area contributed by atoms with E-state index >= 15 is 0 Å². The van der Waals surface area contributed by atoms with Crippen LogP contribution in [0.2, 0.25) is 0 Å². The van der Waals surface area contributed by atoms with Crippen LogP contribution in [0.5, 0.6) is 0 Å². The van der Waals surface area contributed by atoms with Crippen molar-refractivity contribution in [3.63, 3.8) is 0 Å². The molecule has 16 heavy (non-hydrogen) atoms. The third-order valence-electron chi connectivity index (χ3n) is 3.83. The minimum absolute atomic E-state index is 0.133. The largest absolute Gasteiger partial charge is 0.316 e. The molecule has 0 heterocycles. The highest BCUT2D eigenvalue weighted by Gasteiger charge is 2.26. The standard InChI is InChI=1S/C14H20FN/c1-10-8-13(15)7-6-12(10)9-14(16-2)11-4-3-5-11/h6-8,11,14,16H,3-5,9H2,1-2H3. The van der Waals surface area contributed by atoms with Gasteiger partial charge in [-0.25, -0.2) is 4.39 Å². The van der Waals surface area contributed by atoms with Gasteiger partial charge < -0.3 is 5.32 Å². The van der Waals surface area contributed by atoms with Gasteiger partial charge in [0.1, 0.15) is 5.82 Å². The van der Waals surface area contributed by atoms with E-state index in [1.807, 2.05) is 20.0 Å². The van der Waals surface area contributed by atoms with Gasteiger partial charge in [0.2, 0.25) is 0 Å². The zero-order valence-corrected chi connectivity index (χ0v) is 10.1. The Hall–Kier alpha value is -0.890. The SMILES string of the molecule is CNC(Cc1ccc(F)cc1C)C1CCC1. The molecule has 2 rings (SSSR count). The van der Waals surface area contributed by atoms with E-state index in [1.165, 1.54) is 24.8 Å². The van der Waals surface area contributed by atoms with Crippen LogP contribution in [0.4, 0.5) is 4.39 Å². The minimum Gasteiger partial charge on any atom is -0.316 e. The van der Waals surface area contributed by atoms with Crippen molar-refractivity contribution in [1.82, 2.24) is 5.32 Å². The summed E-state index contributed by atoms with van der Waals surface area (Å²) < 4.78 is 13.0. The van der Waals surface area contributed by atoms with Gasteiger partial charge in [-0.2, -0.15) is 0 Å². The molecule has 1 nitrogen and oxygen atoms in total. The second kappa shape index (κ2) is 4.96. The summed E-state index contributed by atoms with van der Waals surface area (Å²) in [4.78, 5) is 0. The van der Waals surface area contributed by atoms with Crippen LogP contribution in [-0.4, -0.2) is 13.1 Å². The summed E-state index contributed by atoms with van der Waals surface area (Å²) in [5.74, 6) is 0.681. The number of hydrogen-bond donors (Lipinski definition) is 1. The monoisotopic (exact) mass is 221 g/mol. The van der Waals surface area contributed by atoms with E-state index < -0.39 is 0 Å². The molecule has 0 spiro atoms. The van der Waals surface area contributed by atoms with Gasteiger partial charge in [-0.3, -0.25) is 0 Å². The fourth-order valence-corrected chi connectivity index (χ4v) is 2.47. The zero-order chi connectivity index (χ0) is 11.5. The van der Waals surface area contributed by atoms with Gasteiger partial charge in [0.25, 0.3) is 0 Å². The van der Waals surface area contributed by atoms with E-state index in [2.05, 4.69) is 5.32 Å². The number of hydrogen-bond acceptors (Lipinski definition) is 1. The highest BCUT2D eigenvalue weighted by molar-refractivity contribution is 5.27. The van der Waals surface area contributed by atoms with Gasteiger partial charge in [0.05, 0.1) is 0 Å². The fraction of sp³-hybridized carbons (Fsp3) is 0.571. The number of likely N-dealkylation sites (N-methyl/N-ethyl adjacent to an activating group) is 1. The number of nitrogens with one attached hydrogen (secondary N) is 1. The number of aryl methyl sites for hydroxylation is 1. The molecule has 1 saturated carbocycles. The molecule has 2 heteroatoms. The molecule has 1 fully saturated rings. The number of halogens is 1. The van der Waals surface area contributed by atoms with E-state index in [1.54, 1.807) is 12.1 Å². The van der Waals surface area contributed by atoms with E-state index in [4.69, 9.17) is 0 Å². The Bertz CT molecular complexity index is 358. The lowest BCUT2D eigenvalue weighted by Gasteiger charge is -2.34. The molecule has 0 aliphatic heterocycles. The van der Waals surface area contributed by atoms with Crippen LogP contribution >= 0.6 is 0 Å². The van der Waals surface area contributed by atoms with Crippen molar-refractivity contribution >= 4 is 0 Å². The summed E-state index contributed by atoms with van der Waals surface area (Å²) in [7, 11) is 2.03. The Morgan fingerprint density at radius 2 is 2.19 bits per heavy atom. The highest BCUT2D eigenvalue weighted by atomic mass is 19.1. The third kappa shape index (κ3) is 2.43. The molecular weight excluding hydrogens is 201 g/mol. The quantitative estimate of drug-likeness (QED) is 0.824. The number of benzene rings is 1. The van der Waals surface area contributed by atoms with Crippen molar-refractivity contribution in [3.8, 4) is 0 Å². The minimum atomic E-state index is -0.133. The lowest BCUT2D eigenvalue weighted by Crippen LogP contribution is -2.39. The zero-order valence-electron chi connectivity index (χ0n) is 10.1. The molecule has 1 unspecified atom stereocenters. The van der Waals surface area contributed by atoms with E-state index in [0.29, 0.717) is 6.04 Å². The predicted molar refractivity (Wildman–Crippen MR) is 65.0 cm³/mol. The molecule has 0 aromatic heterocycles. The van der Waals surface area contributed by atoms with Gasteiger partial charge in [0.15, 0.2) is 0 Å². The average Bonchev–Trinajstić information content (AvgIpc) is 2.18. The van der Waals surface area contributed by atoms with Crippen LogP contribution < -0.4 is 5.32 Å². The Labute approximate surface area is 97.1 Å². The average molecular weight is 221 g/mol. The fourth-order valence-electron chi connectivity index (χ4n) is 2.47. The molecule has 1 aromatic rings. The van der Waals surface area contributed by atoms with Crippen LogP contribution in [0.1, 0.15) is 30.4 Å². The Morgan fingerprint density at radius 1 is 1.44 bits per heavy atom. The van der Waals surface area contributed by atoms with Gasteiger partial charge in [-0.05, 0) is 62.4 Å². The molecule has 1 N–H and O–H groups in total. The predicted octanol–water partition coefficient (Wildman–Crippen LogP) is 3.06. The van der Waals surface area contributed by atoms with Crippen LogP contribution in [0, 0.1) is 18.7 Å². The van der Waals surface area contributed by atoms with Crippen molar-refractivity contribution in [2.45, 2.75) is 38.6 Å². The maximum atomic E-state index is 13.0. The summed E-state index contributed by atoms with van der Waals surface area (Å²) >= 11 is 0. The highest BCUT2D eigenvalue weighted by Crippen LogP contribution is 2.31. The molecule has 0 amide bonds. The molecule has 1 aliphatic carbocycles. The molecule has 1 aliphatic rings. The second-order valence-corrected chi connectivity index (χ2v) is 4.86. The normalized spacial score (nSPS) is 18.2. The van der Waals surface area contributed by atoms with Crippen molar-refractivity contribution in [2.75, 3.05) is 7.05 Å². The summed E-state index contributed by atoms with van der Waals surface area (Å²) in [5, 5.41) is 3.40. The molecule has 1 atom stereocenters. The van der Waals surface area contributed by atoms with Gasteiger partial charge in [-0.1, -0.05) is 12.5 Å². The first-order valence-corrected chi connectivity index (χ1v) is 6.13. The van der Waals surface area contributed by atoms with Crippen LogP contribution in [-0.2, 0) is 6.42 Å². The van der Waals surface area contributed by atoms with Gasteiger partial charge in [0, 0.05) is 6.04 Å². The van der Waals surface area contributed by atoms with Crippen LogP contribution in [0.25, 0.3) is 0 Å². The first-order chi connectivity index (χ1) is 7.70. The summed E-state index contributed by atoms with van der Waals surface area (Å²) in [6.07, 6.45) is 5.07. The van der Waals surface area contributed by atoms with Crippen molar-refractivity contribution in [1.29, 1.82) is 0 Å². The van der Waals surface area contributed by atoms with E-state index in [9.17, 15) is 4.39 Å². The smallest absolute Gasteiger partial charge is 0.123 e. The van der Waals surface area contributed by atoms with Crippen molar-refractivity contribution in [3.05, 3.63) is 35.1 Å². The summed E-state index contributed by atoms with van der Waals surface area (Å²) in [5.41, 5.74) is 2.34. The first-order valence-electron chi connectivity index (χ1n) is 6.13. The van der Waals surface area contributed by atoms with E-state index in [-0.39, 0.29) is 5.82 Å². The lowest BCUT2D eigenvalue weighted by molar-refractivity contribution is 0.235.